The molecule has 2 heterocycles. The molecule has 2 aromatic rings. The number of hydrogen-bond donors (Lipinski definition) is 2. The fraction of sp³-hybridized carbons (Fsp3) is 0. The Balaban J connectivity index is 2.82. The number of hydrogen-bond acceptors (Lipinski definition) is 2. The van der Waals surface area contributed by atoms with Gasteiger partial charge in [0.25, 0.3) is 0 Å². The van der Waals surface area contributed by atoms with Crippen LogP contribution in [-0.2, 0) is 0 Å². The number of H-pyrrole nitrogens is 1. The van der Waals surface area contributed by atoms with E-state index in [4.69, 9.17) is 5.73 Å². The zero-order valence-corrected chi connectivity index (χ0v) is 6.16. The molecule has 0 unspecified atom stereocenters. The van der Waals surface area contributed by atoms with Crippen LogP contribution in [0.5, 0.6) is 0 Å². The maximum absolute atomic E-state index is 10.9. The highest BCUT2D eigenvalue weighted by molar-refractivity contribution is 6.04. The first-order valence-electron chi connectivity index (χ1n) is 3.42. The summed E-state index contributed by atoms with van der Waals surface area (Å²) in [6.45, 7) is 0. The van der Waals surface area contributed by atoms with Crippen molar-refractivity contribution in [3.63, 3.8) is 0 Å². The Kier molecular flexibility index (Phi) is 1.33. The fourth-order valence-corrected chi connectivity index (χ4v) is 1.11. The zero-order valence-electron chi connectivity index (χ0n) is 6.16. The van der Waals surface area contributed by atoms with Crippen molar-refractivity contribution in [3.05, 3.63) is 30.1 Å². The standard InChI is InChI=1S/C8H6N3O/c9-7(12)5-1-3-10-8-6(5)2-4-11-8/h2-4H,(H2,9,12)(H,10,11). The predicted octanol–water partition coefficient (Wildman–Crippen LogP) is 0.462. The number of aromatic amines is 1. The topological polar surface area (TPSA) is 71.8 Å². The molecule has 4 nitrogen and oxygen atoms in total. The van der Waals surface area contributed by atoms with Crippen molar-refractivity contribution >= 4 is 16.9 Å². The molecule has 0 atom stereocenters. The van der Waals surface area contributed by atoms with E-state index in [-0.39, 0.29) is 0 Å². The number of carbonyl (C=O) groups is 1. The van der Waals surface area contributed by atoms with Crippen molar-refractivity contribution in [1.29, 1.82) is 0 Å². The zero-order chi connectivity index (χ0) is 8.55. The lowest BCUT2D eigenvalue weighted by atomic mass is 10.2. The van der Waals surface area contributed by atoms with Gasteiger partial charge in [-0.3, -0.25) is 4.79 Å². The Hall–Kier alpha value is -1.84. The summed E-state index contributed by atoms with van der Waals surface area (Å²) in [5.41, 5.74) is 6.16. The number of primary amides is 1. The Labute approximate surface area is 68.4 Å². The highest BCUT2D eigenvalue weighted by Gasteiger charge is 2.06. The number of amides is 1. The number of pyridine rings is 1. The number of fused-ring (bicyclic) bond motifs is 1. The minimum Gasteiger partial charge on any atom is -0.366 e. The van der Waals surface area contributed by atoms with E-state index < -0.39 is 5.91 Å². The quantitative estimate of drug-likeness (QED) is 0.636. The first kappa shape index (κ1) is 6.84. The Morgan fingerprint density at radius 2 is 2.50 bits per heavy atom. The van der Waals surface area contributed by atoms with Gasteiger partial charge < -0.3 is 10.7 Å². The summed E-state index contributed by atoms with van der Waals surface area (Å²) in [6.07, 6.45) is 3.14. The Morgan fingerprint density at radius 1 is 1.67 bits per heavy atom. The molecule has 0 saturated heterocycles. The van der Waals surface area contributed by atoms with Gasteiger partial charge in [-0.15, -0.1) is 0 Å². The van der Waals surface area contributed by atoms with Crippen molar-refractivity contribution in [1.82, 2.24) is 9.97 Å². The van der Waals surface area contributed by atoms with E-state index in [9.17, 15) is 4.79 Å². The summed E-state index contributed by atoms with van der Waals surface area (Å²) in [6, 6.07) is 4.44. The van der Waals surface area contributed by atoms with Gasteiger partial charge in [-0.25, -0.2) is 4.98 Å². The van der Waals surface area contributed by atoms with Crippen LogP contribution in [0.3, 0.4) is 0 Å². The third-order valence-electron chi connectivity index (χ3n) is 1.64. The molecule has 2 rings (SSSR count). The van der Waals surface area contributed by atoms with Crippen molar-refractivity contribution in [3.8, 4) is 0 Å². The van der Waals surface area contributed by atoms with Gasteiger partial charge in [0.15, 0.2) is 0 Å². The van der Waals surface area contributed by atoms with Crippen molar-refractivity contribution < 1.29 is 4.79 Å². The molecule has 0 aromatic carbocycles. The molecule has 0 aliphatic rings. The van der Waals surface area contributed by atoms with Crippen LogP contribution in [0.25, 0.3) is 11.0 Å². The number of nitrogens with zero attached hydrogens (tertiary/aromatic N) is 1. The van der Waals surface area contributed by atoms with Crippen LogP contribution in [0.4, 0.5) is 0 Å². The number of aromatic nitrogens is 2. The SMILES string of the molecule is NC(=O)c1[c]cnc2[nH]ccc12. The number of nitrogens with two attached hydrogens (primary N) is 1. The molecule has 0 saturated carbocycles. The monoisotopic (exact) mass is 160 g/mol. The maximum Gasteiger partial charge on any atom is 0.250 e. The third kappa shape index (κ3) is 0.852. The van der Waals surface area contributed by atoms with Gasteiger partial charge >= 0.3 is 0 Å². The van der Waals surface area contributed by atoms with Gasteiger partial charge in [0, 0.05) is 23.8 Å². The van der Waals surface area contributed by atoms with Crippen molar-refractivity contribution in [2.75, 3.05) is 0 Å². The maximum atomic E-state index is 10.9. The van der Waals surface area contributed by atoms with Gasteiger partial charge in [0.1, 0.15) is 5.65 Å². The molecule has 2 aromatic heterocycles. The third-order valence-corrected chi connectivity index (χ3v) is 1.64. The summed E-state index contributed by atoms with van der Waals surface area (Å²) < 4.78 is 0. The summed E-state index contributed by atoms with van der Waals surface area (Å²) in [7, 11) is 0. The van der Waals surface area contributed by atoms with Gasteiger partial charge in [-0.1, -0.05) is 0 Å². The van der Waals surface area contributed by atoms with Crippen molar-refractivity contribution in [2.24, 2.45) is 5.73 Å². The summed E-state index contributed by atoms with van der Waals surface area (Å²) in [5, 5.41) is 0.713. The molecule has 3 N–H and O–H groups in total. The van der Waals surface area contributed by atoms with Gasteiger partial charge in [0.2, 0.25) is 5.91 Å². The van der Waals surface area contributed by atoms with Gasteiger partial charge in [-0.05, 0) is 6.07 Å². The molecule has 4 heteroatoms. The van der Waals surface area contributed by atoms with E-state index >= 15 is 0 Å². The minimum atomic E-state index is -0.484. The Morgan fingerprint density at radius 3 is 3.25 bits per heavy atom. The van der Waals surface area contributed by atoms with Crippen LogP contribution in [0.2, 0.25) is 0 Å². The molecule has 0 aliphatic heterocycles. The first-order valence-corrected chi connectivity index (χ1v) is 3.42. The predicted molar refractivity (Wildman–Crippen MR) is 43.4 cm³/mol. The second kappa shape index (κ2) is 2.34. The highest BCUT2D eigenvalue weighted by atomic mass is 16.1. The largest absolute Gasteiger partial charge is 0.366 e. The molecule has 0 aliphatic carbocycles. The van der Waals surface area contributed by atoms with Crippen molar-refractivity contribution in [2.45, 2.75) is 0 Å². The molecule has 1 amide bonds. The van der Waals surface area contributed by atoms with Crippen LogP contribution in [0, 0.1) is 6.07 Å². The van der Waals surface area contributed by atoms with E-state index in [0.29, 0.717) is 16.6 Å². The number of carbonyl (C=O) groups excluding carboxylic acids is 1. The normalized spacial score (nSPS) is 10.3. The average Bonchev–Trinajstić information content (AvgIpc) is 2.49. The van der Waals surface area contributed by atoms with E-state index in [1.54, 1.807) is 12.3 Å². The van der Waals surface area contributed by atoms with E-state index in [1.165, 1.54) is 6.20 Å². The molecule has 1 radical (unpaired) electrons. The van der Waals surface area contributed by atoms with Gasteiger partial charge in [-0.2, -0.15) is 0 Å². The van der Waals surface area contributed by atoms with Gasteiger partial charge in [0.05, 0.1) is 5.56 Å². The smallest absolute Gasteiger partial charge is 0.250 e. The molecule has 59 valence electrons. The minimum absolute atomic E-state index is 0.376. The Bertz CT molecular complexity index is 433. The first-order chi connectivity index (χ1) is 5.79. The van der Waals surface area contributed by atoms with E-state index in [1.807, 2.05) is 0 Å². The summed E-state index contributed by atoms with van der Waals surface area (Å²) in [5.74, 6) is -0.484. The average molecular weight is 160 g/mol. The lowest BCUT2D eigenvalue weighted by molar-refractivity contribution is 0.100. The summed E-state index contributed by atoms with van der Waals surface area (Å²) >= 11 is 0. The van der Waals surface area contributed by atoms with Crippen LogP contribution in [-0.4, -0.2) is 15.9 Å². The number of rotatable bonds is 1. The fourth-order valence-electron chi connectivity index (χ4n) is 1.11. The summed E-state index contributed by atoms with van der Waals surface area (Å²) in [4.78, 5) is 17.7. The van der Waals surface area contributed by atoms with Crippen LogP contribution < -0.4 is 5.73 Å². The molecule has 0 bridgehead atoms. The lowest BCUT2D eigenvalue weighted by Crippen LogP contribution is -2.11. The van der Waals surface area contributed by atoms with Crippen LogP contribution >= 0.6 is 0 Å². The van der Waals surface area contributed by atoms with Crippen LogP contribution in [0.1, 0.15) is 10.4 Å². The second-order valence-electron chi connectivity index (χ2n) is 2.38. The molecular weight excluding hydrogens is 154 g/mol. The molecule has 0 fully saturated rings. The van der Waals surface area contributed by atoms with E-state index in [2.05, 4.69) is 16.0 Å². The number of nitrogens with one attached hydrogen (secondary N) is 1. The highest BCUT2D eigenvalue weighted by Crippen LogP contribution is 2.13. The van der Waals surface area contributed by atoms with Crippen LogP contribution in [0.15, 0.2) is 18.5 Å². The molecular formula is C8H6N3O. The molecule has 0 spiro atoms. The van der Waals surface area contributed by atoms with E-state index in [0.717, 1.165) is 0 Å². The molecule has 12 heavy (non-hydrogen) atoms. The lowest BCUT2D eigenvalue weighted by Gasteiger charge is -1.94. The second-order valence-corrected chi connectivity index (χ2v) is 2.38.